The minimum Gasteiger partial charge on any atom is -0.462 e. The maximum atomic E-state index is 12.8. The molecule has 0 bridgehead atoms. The summed E-state index contributed by atoms with van der Waals surface area (Å²) >= 11 is 0. The van der Waals surface area contributed by atoms with Gasteiger partial charge in [-0.1, -0.05) is 117 Å². The predicted octanol–water partition coefficient (Wildman–Crippen LogP) is 13.9. The highest BCUT2D eigenvalue weighted by Crippen LogP contribution is 2.68. The van der Waals surface area contributed by atoms with E-state index in [-0.39, 0.29) is 12.1 Å². The van der Waals surface area contributed by atoms with E-state index in [4.69, 9.17) is 4.74 Å². The molecule has 0 heterocycles. The molecule has 4 fully saturated rings. The molecule has 10 atom stereocenters. The van der Waals surface area contributed by atoms with Gasteiger partial charge in [0.05, 0.1) is 0 Å². The van der Waals surface area contributed by atoms with Crippen molar-refractivity contribution in [2.75, 3.05) is 0 Å². The van der Waals surface area contributed by atoms with E-state index in [0.717, 1.165) is 92.3 Å². The number of hydrogen-bond acceptors (Lipinski definition) is 2. The first-order valence-electron chi connectivity index (χ1n) is 21.2. The van der Waals surface area contributed by atoms with Crippen LogP contribution in [0.1, 0.15) is 183 Å². The Labute approximate surface area is 298 Å². The van der Waals surface area contributed by atoms with Gasteiger partial charge in [0.25, 0.3) is 0 Å². The molecule has 0 saturated heterocycles. The third kappa shape index (κ3) is 10.4. The van der Waals surface area contributed by atoms with Crippen molar-refractivity contribution in [1.82, 2.24) is 0 Å². The lowest BCUT2D eigenvalue weighted by atomic mass is 9.44. The SMILES string of the molecule is CCC=CCC=CCC=CCCCCCCCC(=O)OC1CC[C@@]2(C)C(CC[C@H]3[C@@H]4CC[C@H]([C@H](C)CC[C@H](C)C(C)C)[C@@]4(C)CC[C@@H]32)C1. The van der Waals surface area contributed by atoms with Gasteiger partial charge < -0.3 is 4.74 Å². The zero-order valence-electron chi connectivity index (χ0n) is 32.8. The molecule has 48 heavy (non-hydrogen) atoms. The molecule has 0 spiro atoms. The van der Waals surface area contributed by atoms with Gasteiger partial charge in [-0.25, -0.2) is 0 Å². The van der Waals surface area contributed by atoms with Crippen LogP contribution in [0, 0.1) is 58.2 Å². The van der Waals surface area contributed by atoms with Crippen LogP contribution in [0.5, 0.6) is 0 Å². The Morgan fingerprint density at radius 1 is 0.729 bits per heavy atom. The van der Waals surface area contributed by atoms with Crippen molar-refractivity contribution in [1.29, 1.82) is 0 Å². The van der Waals surface area contributed by atoms with Gasteiger partial charge in [0, 0.05) is 6.42 Å². The molecule has 2 nitrogen and oxygen atoms in total. The number of allylic oxidation sites excluding steroid dienone is 6. The molecule has 0 N–H and O–H groups in total. The fourth-order valence-electron chi connectivity index (χ4n) is 11.5. The molecule has 4 aliphatic carbocycles. The lowest BCUT2D eigenvalue weighted by molar-refractivity contribution is -0.162. The molecule has 0 amide bonds. The Morgan fingerprint density at radius 2 is 1.40 bits per heavy atom. The summed E-state index contributed by atoms with van der Waals surface area (Å²) in [5, 5.41) is 0. The van der Waals surface area contributed by atoms with E-state index < -0.39 is 0 Å². The number of unbranched alkanes of at least 4 members (excludes halogenated alkanes) is 5. The summed E-state index contributed by atoms with van der Waals surface area (Å²) in [5.41, 5.74) is 1.03. The molecule has 0 aromatic rings. The summed E-state index contributed by atoms with van der Waals surface area (Å²) in [4.78, 5) is 12.8. The smallest absolute Gasteiger partial charge is 0.306 e. The molecule has 0 aromatic heterocycles. The van der Waals surface area contributed by atoms with Gasteiger partial charge in [0.2, 0.25) is 0 Å². The van der Waals surface area contributed by atoms with Crippen LogP contribution >= 0.6 is 0 Å². The predicted molar refractivity (Wildman–Crippen MR) is 207 cm³/mol. The Bertz CT molecular complexity index is 1040. The number of ether oxygens (including phenoxy) is 1. The quantitative estimate of drug-likeness (QED) is 0.0781. The van der Waals surface area contributed by atoms with Crippen LogP contribution < -0.4 is 0 Å². The summed E-state index contributed by atoms with van der Waals surface area (Å²) in [6, 6.07) is 0. The van der Waals surface area contributed by atoms with Crippen LogP contribution in [0.2, 0.25) is 0 Å². The van der Waals surface area contributed by atoms with E-state index in [2.05, 4.69) is 84.9 Å². The van der Waals surface area contributed by atoms with Crippen LogP contribution in [-0.2, 0) is 9.53 Å². The average molecular weight is 663 g/mol. The number of esters is 1. The zero-order valence-corrected chi connectivity index (χ0v) is 32.8. The van der Waals surface area contributed by atoms with Crippen molar-refractivity contribution in [2.24, 2.45) is 58.2 Å². The first kappa shape index (κ1) is 39.5. The van der Waals surface area contributed by atoms with Crippen molar-refractivity contribution in [3.63, 3.8) is 0 Å². The highest BCUT2D eigenvalue weighted by Gasteiger charge is 2.60. The van der Waals surface area contributed by atoms with Gasteiger partial charge in [-0.15, -0.1) is 0 Å². The topological polar surface area (TPSA) is 26.3 Å². The summed E-state index contributed by atoms with van der Waals surface area (Å²) in [6.45, 7) is 17.4. The molecule has 4 saturated carbocycles. The van der Waals surface area contributed by atoms with E-state index in [1.54, 1.807) is 0 Å². The van der Waals surface area contributed by atoms with Gasteiger partial charge in [-0.05, 0) is 154 Å². The monoisotopic (exact) mass is 663 g/mol. The van der Waals surface area contributed by atoms with Gasteiger partial charge in [-0.2, -0.15) is 0 Å². The molecule has 0 aromatic carbocycles. The largest absolute Gasteiger partial charge is 0.462 e. The van der Waals surface area contributed by atoms with E-state index in [0.29, 0.717) is 17.3 Å². The minimum atomic E-state index is 0.0702. The lowest BCUT2D eigenvalue weighted by Crippen LogP contribution is -2.54. The lowest BCUT2D eigenvalue weighted by Gasteiger charge is -2.61. The minimum absolute atomic E-state index is 0.0702. The number of carbonyl (C=O) groups is 1. The fraction of sp³-hybridized carbons (Fsp3) is 0.848. The maximum Gasteiger partial charge on any atom is 0.306 e. The van der Waals surface area contributed by atoms with Crippen LogP contribution in [0.4, 0.5) is 0 Å². The zero-order chi connectivity index (χ0) is 34.6. The molecule has 2 unspecified atom stereocenters. The van der Waals surface area contributed by atoms with Gasteiger partial charge in [0.1, 0.15) is 6.10 Å². The van der Waals surface area contributed by atoms with E-state index in [9.17, 15) is 4.79 Å². The summed E-state index contributed by atoms with van der Waals surface area (Å²) in [5.74, 6) is 7.06. The van der Waals surface area contributed by atoms with Crippen LogP contribution in [0.25, 0.3) is 0 Å². The summed E-state index contributed by atoms with van der Waals surface area (Å²) < 4.78 is 6.16. The van der Waals surface area contributed by atoms with Crippen molar-refractivity contribution in [2.45, 2.75) is 189 Å². The first-order chi connectivity index (χ1) is 23.1. The molecule has 0 aliphatic heterocycles. The molecule has 4 aliphatic rings. The van der Waals surface area contributed by atoms with E-state index in [1.807, 2.05) is 0 Å². The number of fused-ring (bicyclic) bond motifs is 5. The molecule has 274 valence electrons. The Hall–Kier alpha value is -1.31. The molecule has 2 heteroatoms. The van der Waals surface area contributed by atoms with Crippen molar-refractivity contribution >= 4 is 5.97 Å². The molecule has 0 radical (unpaired) electrons. The second-order valence-corrected chi connectivity index (χ2v) is 18.1. The third-order valence-electron chi connectivity index (χ3n) is 14.9. The first-order valence-corrected chi connectivity index (χ1v) is 21.2. The standard InChI is InChI=1S/C46H78O2/c1-8-9-10-11-12-13-14-15-16-17-18-19-20-21-22-23-44(47)48-39-30-32-45(6)38(34-39)26-27-40-42-29-28-41(46(42,7)33-31-43(40)45)37(5)25-24-36(4)35(2)3/h9-10,12-13,15-16,35-43H,8,11,14,17-34H2,1-7H3/t36-,37+,38?,39?,40-,41+,42-,43-,45-,46+/m0/s1. The Balaban J connectivity index is 1.12. The Kier molecular flexibility index (Phi) is 15.9. The highest BCUT2D eigenvalue weighted by atomic mass is 16.5. The number of carbonyl (C=O) groups excluding carboxylic acids is 1. The van der Waals surface area contributed by atoms with Crippen molar-refractivity contribution < 1.29 is 9.53 Å². The van der Waals surface area contributed by atoms with Gasteiger partial charge in [-0.3, -0.25) is 4.79 Å². The maximum absolute atomic E-state index is 12.8. The van der Waals surface area contributed by atoms with Gasteiger partial charge >= 0.3 is 5.97 Å². The highest BCUT2D eigenvalue weighted by molar-refractivity contribution is 5.69. The summed E-state index contributed by atoms with van der Waals surface area (Å²) in [7, 11) is 0. The molecule has 4 rings (SSSR count). The normalized spacial score (nSPS) is 34.8. The fourth-order valence-corrected chi connectivity index (χ4v) is 11.5. The summed E-state index contributed by atoms with van der Waals surface area (Å²) in [6.07, 6.45) is 39.6. The number of hydrogen-bond donors (Lipinski definition) is 0. The van der Waals surface area contributed by atoms with Crippen molar-refractivity contribution in [3.05, 3.63) is 36.5 Å². The molecular weight excluding hydrogens is 585 g/mol. The second-order valence-electron chi connectivity index (χ2n) is 18.1. The average Bonchev–Trinajstić information content (AvgIpc) is 3.42. The van der Waals surface area contributed by atoms with Crippen molar-refractivity contribution in [3.8, 4) is 0 Å². The second kappa shape index (κ2) is 19.3. The Morgan fingerprint density at radius 3 is 2.15 bits per heavy atom. The van der Waals surface area contributed by atoms with Crippen LogP contribution in [0.3, 0.4) is 0 Å². The van der Waals surface area contributed by atoms with E-state index in [1.165, 1.54) is 83.5 Å². The van der Waals surface area contributed by atoms with Gasteiger partial charge in [0.15, 0.2) is 0 Å². The van der Waals surface area contributed by atoms with Crippen LogP contribution in [-0.4, -0.2) is 12.1 Å². The van der Waals surface area contributed by atoms with Crippen LogP contribution in [0.15, 0.2) is 36.5 Å². The number of rotatable bonds is 19. The molecular formula is C46H78O2. The third-order valence-corrected chi connectivity index (χ3v) is 14.9. The van der Waals surface area contributed by atoms with E-state index >= 15 is 0 Å².